The molecular formula is C17H12ClNO3. The Morgan fingerprint density at radius 2 is 2.14 bits per heavy atom. The summed E-state index contributed by atoms with van der Waals surface area (Å²) in [6.07, 6.45) is 4.49. The van der Waals surface area contributed by atoms with Crippen LogP contribution in [0.25, 0.3) is 17.0 Å². The number of benzene rings is 1. The van der Waals surface area contributed by atoms with Crippen molar-refractivity contribution in [3.05, 3.63) is 71.2 Å². The Balaban J connectivity index is 1.59. The quantitative estimate of drug-likeness (QED) is 0.411. The molecule has 110 valence electrons. The number of hydrogen-bond acceptors (Lipinski definition) is 4. The molecule has 0 fully saturated rings. The highest BCUT2D eigenvalue weighted by Gasteiger charge is 2.02. The lowest BCUT2D eigenvalue weighted by Gasteiger charge is -2.01. The van der Waals surface area contributed by atoms with Gasteiger partial charge in [0.05, 0.1) is 0 Å². The molecule has 4 nitrogen and oxygen atoms in total. The third-order valence-electron chi connectivity index (χ3n) is 3.00. The number of nitrogens with zero attached hydrogens (tertiary/aromatic N) is 1. The van der Waals surface area contributed by atoms with Gasteiger partial charge in [-0.1, -0.05) is 35.9 Å². The molecule has 0 N–H and O–H groups in total. The van der Waals surface area contributed by atoms with Crippen LogP contribution < -0.4 is 0 Å². The van der Waals surface area contributed by atoms with Crippen molar-refractivity contribution in [1.82, 2.24) is 4.98 Å². The third-order valence-corrected chi connectivity index (χ3v) is 3.22. The number of esters is 1. The van der Waals surface area contributed by atoms with Gasteiger partial charge >= 0.3 is 5.97 Å². The van der Waals surface area contributed by atoms with Crippen LogP contribution in [0.1, 0.15) is 11.3 Å². The zero-order valence-corrected chi connectivity index (χ0v) is 12.3. The number of fused-ring (bicyclic) bond motifs is 1. The smallest absolute Gasteiger partial charge is 0.331 e. The Labute approximate surface area is 132 Å². The second-order valence-corrected chi connectivity index (χ2v) is 5.00. The summed E-state index contributed by atoms with van der Waals surface area (Å²) in [7, 11) is 0. The molecule has 0 saturated heterocycles. The van der Waals surface area contributed by atoms with Crippen LogP contribution in [0.3, 0.4) is 0 Å². The first-order valence-corrected chi connectivity index (χ1v) is 7.02. The summed E-state index contributed by atoms with van der Waals surface area (Å²) < 4.78 is 10.7. The van der Waals surface area contributed by atoms with Crippen molar-refractivity contribution in [2.24, 2.45) is 0 Å². The van der Waals surface area contributed by atoms with Gasteiger partial charge in [-0.25, -0.2) is 9.78 Å². The van der Waals surface area contributed by atoms with Crippen LogP contribution in [-0.4, -0.2) is 11.0 Å². The predicted octanol–water partition coefficient (Wildman–Crippen LogP) is 4.24. The molecule has 3 aromatic rings. The van der Waals surface area contributed by atoms with E-state index in [1.807, 2.05) is 30.3 Å². The van der Waals surface area contributed by atoms with Crippen molar-refractivity contribution < 1.29 is 13.9 Å². The van der Waals surface area contributed by atoms with Crippen LogP contribution in [0.5, 0.6) is 0 Å². The maximum atomic E-state index is 11.7. The van der Waals surface area contributed by atoms with Crippen LogP contribution in [-0.2, 0) is 16.1 Å². The summed E-state index contributed by atoms with van der Waals surface area (Å²) in [5.41, 5.74) is 1.55. The summed E-state index contributed by atoms with van der Waals surface area (Å²) >= 11 is 5.68. The summed E-state index contributed by atoms with van der Waals surface area (Å²) in [6.45, 7) is 0.146. The normalized spacial score (nSPS) is 11.1. The summed E-state index contributed by atoms with van der Waals surface area (Å²) in [5.74, 6) is 0.154. The SMILES string of the molecule is O=C(C=Cc1cc2ccccc2o1)OCc1ccc(Cl)nc1. The van der Waals surface area contributed by atoms with Crippen molar-refractivity contribution in [3.8, 4) is 0 Å². The summed E-state index contributed by atoms with van der Waals surface area (Å²) in [4.78, 5) is 15.6. The molecule has 0 atom stereocenters. The van der Waals surface area contributed by atoms with Gasteiger partial charge in [0.2, 0.25) is 0 Å². The largest absolute Gasteiger partial charge is 0.458 e. The zero-order chi connectivity index (χ0) is 15.4. The maximum Gasteiger partial charge on any atom is 0.331 e. The molecule has 1 aromatic carbocycles. The number of ether oxygens (including phenoxy) is 1. The molecule has 2 heterocycles. The van der Waals surface area contributed by atoms with E-state index < -0.39 is 5.97 Å². The lowest BCUT2D eigenvalue weighted by atomic mass is 10.2. The minimum atomic E-state index is -0.449. The fourth-order valence-corrected chi connectivity index (χ4v) is 2.04. The van der Waals surface area contributed by atoms with E-state index in [-0.39, 0.29) is 6.61 Å². The van der Waals surface area contributed by atoms with E-state index in [0.29, 0.717) is 10.9 Å². The van der Waals surface area contributed by atoms with Crippen molar-refractivity contribution in [1.29, 1.82) is 0 Å². The molecule has 2 aromatic heterocycles. The molecule has 0 unspecified atom stereocenters. The molecule has 0 aliphatic rings. The van der Waals surface area contributed by atoms with Gasteiger partial charge in [0.1, 0.15) is 23.1 Å². The van der Waals surface area contributed by atoms with Crippen molar-refractivity contribution >= 4 is 34.6 Å². The van der Waals surface area contributed by atoms with E-state index in [1.54, 1.807) is 24.4 Å². The van der Waals surface area contributed by atoms with Gasteiger partial charge in [0.25, 0.3) is 0 Å². The van der Waals surface area contributed by atoms with E-state index in [4.69, 9.17) is 20.8 Å². The topological polar surface area (TPSA) is 52.3 Å². The molecule has 0 radical (unpaired) electrons. The summed E-state index contributed by atoms with van der Waals surface area (Å²) in [6, 6.07) is 12.9. The van der Waals surface area contributed by atoms with E-state index >= 15 is 0 Å². The van der Waals surface area contributed by atoms with Crippen molar-refractivity contribution in [2.45, 2.75) is 6.61 Å². The highest BCUT2D eigenvalue weighted by atomic mass is 35.5. The van der Waals surface area contributed by atoms with E-state index in [1.165, 1.54) is 6.08 Å². The van der Waals surface area contributed by atoms with E-state index in [0.717, 1.165) is 16.5 Å². The van der Waals surface area contributed by atoms with Gasteiger partial charge in [-0.3, -0.25) is 0 Å². The van der Waals surface area contributed by atoms with E-state index in [9.17, 15) is 4.79 Å². The molecule has 0 amide bonds. The van der Waals surface area contributed by atoms with Gasteiger partial charge in [-0.05, 0) is 24.3 Å². The number of pyridine rings is 1. The van der Waals surface area contributed by atoms with Crippen LogP contribution in [0.15, 0.2) is 59.2 Å². The maximum absolute atomic E-state index is 11.7. The molecule has 0 spiro atoms. The highest BCUT2D eigenvalue weighted by molar-refractivity contribution is 6.29. The average molecular weight is 314 g/mol. The minimum Gasteiger partial charge on any atom is -0.458 e. The number of aromatic nitrogens is 1. The molecule has 3 rings (SSSR count). The first kappa shape index (κ1) is 14.4. The van der Waals surface area contributed by atoms with Crippen LogP contribution in [0.2, 0.25) is 5.15 Å². The molecule has 0 bridgehead atoms. The van der Waals surface area contributed by atoms with Crippen molar-refractivity contribution in [3.63, 3.8) is 0 Å². The number of carbonyl (C=O) groups excluding carboxylic acids is 1. The second-order valence-electron chi connectivity index (χ2n) is 4.62. The van der Waals surface area contributed by atoms with E-state index in [2.05, 4.69) is 4.98 Å². The lowest BCUT2D eigenvalue weighted by Crippen LogP contribution is -2.00. The lowest BCUT2D eigenvalue weighted by molar-refractivity contribution is -0.138. The average Bonchev–Trinajstić information content (AvgIpc) is 2.95. The number of para-hydroxylation sites is 1. The first-order chi connectivity index (χ1) is 10.7. The Hall–Kier alpha value is -2.59. The Kier molecular flexibility index (Phi) is 4.21. The highest BCUT2D eigenvalue weighted by Crippen LogP contribution is 2.19. The van der Waals surface area contributed by atoms with Gasteiger partial charge in [0.15, 0.2) is 0 Å². The van der Waals surface area contributed by atoms with Gasteiger partial charge in [-0.15, -0.1) is 0 Å². The fourth-order valence-electron chi connectivity index (χ4n) is 1.93. The first-order valence-electron chi connectivity index (χ1n) is 6.64. The monoisotopic (exact) mass is 313 g/mol. The Bertz CT molecular complexity index is 788. The van der Waals surface area contributed by atoms with Gasteiger partial charge in [-0.2, -0.15) is 0 Å². The number of carbonyl (C=O) groups is 1. The van der Waals surface area contributed by atoms with Crippen LogP contribution >= 0.6 is 11.6 Å². The van der Waals surface area contributed by atoms with Crippen LogP contribution in [0, 0.1) is 0 Å². The minimum absolute atomic E-state index is 0.146. The fraction of sp³-hybridized carbons (Fsp3) is 0.0588. The number of furan rings is 1. The molecule has 0 aliphatic heterocycles. The Morgan fingerprint density at radius 3 is 2.91 bits per heavy atom. The standard InChI is InChI=1S/C17H12ClNO3/c18-16-7-5-12(10-19-16)11-21-17(20)8-6-14-9-13-3-1-2-4-15(13)22-14/h1-10H,11H2. The van der Waals surface area contributed by atoms with Gasteiger partial charge in [0, 0.05) is 23.2 Å². The molecule has 0 saturated carbocycles. The Morgan fingerprint density at radius 1 is 1.27 bits per heavy atom. The second kappa shape index (κ2) is 6.45. The predicted molar refractivity (Wildman–Crippen MR) is 84.3 cm³/mol. The molecule has 5 heteroatoms. The van der Waals surface area contributed by atoms with Gasteiger partial charge < -0.3 is 9.15 Å². The number of hydrogen-bond donors (Lipinski definition) is 0. The van der Waals surface area contributed by atoms with Crippen molar-refractivity contribution in [2.75, 3.05) is 0 Å². The summed E-state index contributed by atoms with van der Waals surface area (Å²) in [5, 5.41) is 1.39. The number of halogens is 1. The van der Waals surface area contributed by atoms with Crippen LogP contribution in [0.4, 0.5) is 0 Å². The molecule has 22 heavy (non-hydrogen) atoms. The molecule has 0 aliphatic carbocycles. The third kappa shape index (κ3) is 3.54. The zero-order valence-electron chi connectivity index (χ0n) is 11.5. The number of rotatable bonds is 4. The molecular weight excluding hydrogens is 302 g/mol.